The summed E-state index contributed by atoms with van der Waals surface area (Å²) in [4.78, 5) is 19.1. The van der Waals surface area contributed by atoms with Crippen LogP contribution in [0.25, 0.3) is 0 Å². The second-order valence-corrected chi connectivity index (χ2v) is 8.50. The molecule has 0 spiro atoms. The van der Waals surface area contributed by atoms with Crippen LogP contribution in [0.1, 0.15) is 59.4 Å². The number of amides is 1. The Morgan fingerprint density at radius 2 is 2.05 bits per heavy atom. The number of hydrogen-bond donors (Lipinski definition) is 1. The highest BCUT2D eigenvalue weighted by molar-refractivity contribution is 7.15. The van der Waals surface area contributed by atoms with Crippen molar-refractivity contribution in [3.63, 3.8) is 0 Å². The highest BCUT2D eigenvalue weighted by Crippen LogP contribution is 2.31. The van der Waals surface area contributed by atoms with E-state index in [9.17, 15) is 4.79 Å². The Morgan fingerprint density at radius 1 is 1.29 bits per heavy atom. The van der Waals surface area contributed by atoms with Crippen LogP contribution < -0.4 is 5.32 Å². The van der Waals surface area contributed by atoms with E-state index < -0.39 is 0 Å². The van der Waals surface area contributed by atoms with Gasteiger partial charge in [0.15, 0.2) is 5.13 Å². The largest absolute Gasteiger partial charge is 0.297 e. The van der Waals surface area contributed by atoms with Gasteiger partial charge in [0.2, 0.25) is 0 Å². The van der Waals surface area contributed by atoms with Gasteiger partial charge in [0.05, 0.1) is 10.6 Å². The molecule has 3 rings (SSSR count). The molecule has 0 radical (unpaired) electrons. The fourth-order valence-corrected chi connectivity index (χ4v) is 4.52. The lowest BCUT2D eigenvalue weighted by Gasteiger charge is -2.14. The van der Waals surface area contributed by atoms with Gasteiger partial charge >= 0.3 is 0 Å². The molecule has 0 atom stereocenters. The van der Waals surface area contributed by atoms with Gasteiger partial charge in [-0.25, -0.2) is 4.98 Å². The van der Waals surface area contributed by atoms with Crippen molar-refractivity contribution in [2.45, 2.75) is 51.9 Å². The quantitative estimate of drug-likeness (QED) is 0.876. The number of anilines is 1. The molecule has 2 aromatic rings. The van der Waals surface area contributed by atoms with Crippen molar-refractivity contribution in [3.8, 4) is 0 Å². The number of hydrogen-bond acceptors (Lipinski definition) is 4. The van der Waals surface area contributed by atoms with Crippen molar-refractivity contribution in [1.82, 2.24) is 4.98 Å². The minimum Gasteiger partial charge on any atom is -0.297 e. The molecule has 0 saturated heterocycles. The van der Waals surface area contributed by atoms with Crippen molar-refractivity contribution in [1.29, 1.82) is 0 Å². The molecule has 1 amide bonds. The molecule has 1 N–H and O–H groups in total. The lowest BCUT2D eigenvalue weighted by Crippen LogP contribution is -2.13. The monoisotopic (exact) mass is 320 g/mol. The summed E-state index contributed by atoms with van der Waals surface area (Å²) in [5.41, 5.74) is 2.40. The Balaban J connectivity index is 1.74. The Labute approximate surface area is 133 Å². The van der Waals surface area contributed by atoms with E-state index in [0.29, 0.717) is 5.13 Å². The minimum atomic E-state index is -0.0239. The fraction of sp³-hybridized carbons (Fsp3) is 0.500. The summed E-state index contributed by atoms with van der Waals surface area (Å²) in [6, 6.07) is 2.06. The van der Waals surface area contributed by atoms with Gasteiger partial charge in [0, 0.05) is 15.7 Å². The predicted molar refractivity (Wildman–Crippen MR) is 89.7 cm³/mol. The highest BCUT2D eigenvalue weighted by atomic mass is 32.1. The Kier molecular flexibility index (Phi) is 3.88. The van der Waals surface area contributed by atoms with E-state index in [2.05, 4.69) is 37.1 Å². The van der Waals surface area contributed by atoms with E-state index in [-0.39, 0.29) is 11.3 Å². The van der Waals surface area contributed by atoms with Gasteiger partial charge in [-0.2, -0.15) is 0 Å². The van der Waals surface area contributed by atoms with Crippen LogP contribution >= 0.6 is 22.7 Å². The van der Waals surface area contributed by atoms with Crippen LogP contribution in [0.15, 0.2) is 11.4 Å². The molecule has 5 heteroatoms. The number of thiophene rings is 1. The molecule has 112 valence electrons. The third kappa shape index (κ3) is 3.19. The van der Waals surface area contributed by atoms with Crippen LogP contribution in [-0.2, 0) is 18.3 Å². The molecule has 0 unspecified atom stereocenters. The summed E-state index contributed by atoms with van der Waals surface area (Å²) in [6.07, 6.45) is 4.73. The topological polar surface area (TPSA) is 42.0 Å². The Hall–Kier alpha value is -1.20. The Bertz CT molecular complexity index is 641. The number of carbonyl (C=O) groups is 1. The standard InChI is InChI=1S/C16H20N2OS2/c1-16(2,3)13-9-20-15(17-13)18-14(19)12-8-10-6-4-5-7-11(10)21-12/h8-9H,4-7H2,1-3H3,(H,17,18,19). The highest BCUT2D eigenvalue weighted by Gasteiger charge is 2.20. The van der Waals surface area contributed by atoms with Crippen molar-refractivity contribution < 1.29 is 4.79 Å². The molecule has 0 bridgehead atoms. The second kappa shape index (κ2) is 5.54. The number of aromatic nitrogens is 1. The second-order valence-electron chi connectivity index (χ2n) is 6.51. The smallest absolute Gasteiger partial charge is 0.267 e. The molecule has 0 saturated carbocycles. The zero-order chi connectivity index (χ0) is 15.0. The lowest BCUT2D eigenvalue weighted by atomic mass is 9.93. The molecule has 2 heterocycles. The van der Waals surface area contributed by atoms with Crippen LogP contribution in [-0.4, -0.2) is 10.9 Å². The zero-order valence-electron chi connectivity index (χ0n) is 12.7. The third-order valence-electron chi connectivity index (χ3n) is 3.71. The fourth-order valence-electron chi connectivity index (χ4n) is 2.44. The van der Waals surface area contributed by atoms with E-state index in [0.717, 1.165) is 23.4 Å². The van der Waals surface area contributed by atoms with E-state index >= 15 is 0 Å². The number of nitrogens with one attached hydrogen (secondary N) is 1. The first-order valence-electron chi connectivity index (χ1n) is 7.32. The summed E-state index contributed by atoms with van der Waals surface area (Å²) >= 11 is 3.14. The summed E-state index contributed by atoms with van der Waals surface area (Å²) in [5, 5.41) is 5.65. The summed E-state index contributed by atoms with van der Waals surface area (Å²) in [7, 11) is 0. The Morgan fingerprint density at radius 3 is 2.71 bits per heavy atom. The van der Waals surface area contributed by atoms with Crippen molar-refractivity contribution in [2.75, 3.05) is 5.32 Å². The maximum absolute atomic E-state index is 12.4. The summed E-state index contributed by atoms with van der Waals surface area (Å²) in [5.74, 6) is -0.0239. The molecular formula is C16H20N2OS2. The van der Waals surface area contributed by atoms with E-state index in [1.54, 1.807) is 11.3 Å². The number of carbonyl (C=O) groups excluding carboxylic acids is 1. The molecule has 0 aliphatic heterocycles. The molecular weight excluding hydrogens is 300 g/mol. The van der Waals surface area contributed by atoms with Gasteiger partial charge < -0.3 is 0 Å². The maximum atomic E-state index is 12.4. The molecule has 21 heavy (non-hydrogen) atoms. The molecule has 3 nitrogen and oxygen atoms in total. The number of aryl methyl sites for hydroxylation is 2. The minimum absolute atomic E-state index is 0.0154. The van der Waals surface area contributed by atoms with Crippen LogP contribution in [0.4, 0.5) is 5.13 Å². The van der Waals surface area contributed by atoms with E-state index in [1.165, 1.54) is 34.6 Å². The first-order valence-corrected chi connectivity index (χ1v) is 9.02. The van der Waals surface area contributed by atoms with Gasteiger partial charge in [0.1, 0.15) is 0 Å². The molecule has 1 aliphatic carbocycles. The van der Waals surface area contributed by atoms with Gasteiger partial charge in [-0.15, -0.1) is 22.7 Å². The molecule has 1 aliphatic rings. The summed E-state index contributed by atoms with van der Waals surface area (Å²) in [6.45, 7) is 6.38. The average Bonchev–Trinajstić information content (AvgIpc) is 3.03. The average molecular weight is 320 g/mol. The van der Waals surface area contributed by atoms with Crippen LogP contribution in [0, 0.1) is 0 Å². The normalized spacial score (nSPS) is 14.8. The van der Waals surface area contributed by atoms with Crippen LogP contribution in [0.2, 0.25) is 0 Å². The number of thiazole rings is 1. The van der Waals surface area contributed by atoms with Crippen LogP contribution in [0.3, 0.4) is 0 Å². The lowest BCUT2D eigenvalue weighted by molar-refractivity contribution is 0.103. The molecule has 0 fully saturated rings. The third-order valence-corrected chi connectivity index (χ3v) is 5.71. The molecule has 0 aromatic carbocycles. The van der Waals surface area contributed by atoms with E-state index in [1.807, 2.05) is 5.38 Å². The number of nitrogens with zero attached hydrogens (tertiary/aromatic N) is 1. The van der Waals surface area contributed by atoms with Gasteiger partial charge in [0.25, 0.3) is 5.91 Å². The van der Waals surface area contributed by atoms with Gasteiger partial charge in [-0.05, 0) is 37.3 Å². The van der Waals surface area contributed by atoms with Gasteiger partial charge in [-0.1, -0.05) is 20.8 Å². The predicted octanol–water partition coefficient (Wildman–Crippen LogP) is 4.63. The van der Waals surface area contributed by atoms with Crippen LogP contribution in [0.5, 0.6) is 0 Å². The van der Waals surface area contributed by atoms with E-state index in [4.69, 9.17) is 0 Å². The van der Waals surface area contributed by atoms with Crippen molar-refractivity contribution in [2.24, 2.45) is 0 Å². The number of rotatable bonds is 2. The van der Waals surface area contributed by atoms with Crippen molar-refractivity contribution >= 4 is 33.7 Å². The van der Waals surface area contributed by atoms with Gasteiger partial charge in [-0.3, -0.25) is 10.1 Å². The first kappa shape index (κ1) is 14.7. The van der Waals surface area contributed by atoms with Crippen molar-refractivity contribution in [3.05, 3.63) is 32.5 Å². The first-order chi connectivity index (χ1) is 9.93. The number of fused-ring (bicyclic) bond motifs is 1. The zero-order valence-corrected chi connectivity index (χ0v) is 14.3. The SMILES string of the molecule is CC(C)(C)c1csc(NC(=O)c2cc3c(s2)CCCC3)n1. The maximum Gasteiger partial charge on any atom is 0.267 e. The summed E-state index contributed by atoms with van der Waals surface area (Å²) < 4.78 is 0. The molecule has 2 aromatic heterocycles.